The molecule has 15 heavy (non-hydrogen) atoms. The van der Waals surface area contributed by atoms with Gasteiger partial charge in [0.2, 0.25) is 5.44 Å². The molecule has 1 aromatic rings. The van der Waals surface area contributed by atoms with E-state index in [1.165, 1.54) is 25.1 Å². The van der Waals surface area contributed by atoms with Gasteiger partial charge in [0, 0.05) is 5.69 Å². The van der Waals surface area contributed by atoms with Gasteiger partial charge in [-0.2, -0.15) is 8.42 Å². The maximum Gasteiger partial charge on any atom is 0.303 e. The summed E-state index contributed by atoms with van der Waals surface area (Å²) in [6.45, 7) is 1.20. The molecule has 0 saturated heterocycles. The van der Waals surface area contributed by atoms with Crippen molar-refractivity contribution in [2.24, 2.45) is 0 Å². The van der Waals surface area contributed by atoms with Gasteiger partial charge < -0.3 is 16.2 Å². The summed E-state index contributed by atoms with van der Waals surface area (Å²) in [5.74, 6) is 0.161. The lowest BCUT2D eigenvalue weighted by Crippen LogP contribution is -2.23. The van der Waals surface area contributed by atoms with Crippen LogP contribution in [0.25, 0.3) is 0 Å². The molecule has 0 heterocycles. The summed E-state index contributed by atoms with van der Waals surface area (Å²) < 4.78 is 35.0. The average molecular weight is 232 g/mol. The van der Waals surface area contributed by atoms with E-state index in [1.807, 2.05) is 0 Å². The van der Waals surface area contributed by atoms with Crippen LogP contribution in [-0.2, 0) is 10.1 Å². The summed E-state index contributed by atoms with van der Waals surface area (Å²) in [4.78, 5) is 0. The van der Waals surface area contributed by atoms with Crippen LogP contribution in [0.1, 0.15) is 6.92 Å². The molecule has 0 amide bonds. The molecule has 0 bridgehead atoms. The molecule has 7 heteroatoms. The van der Waals surface area contributed by atoms with Gasteiger partial charge >= 0.3 is 10.1 Å². The first-order valence-electron chi connectivity index (χ1n) is 4.08. The molecule has 5 N–H and O–H groups in total. The van der Waals surface area contributed by atoms with E-state index in [2.05, 4.69) is 0 Å². The third kappa shape index (κ3) is 3.00. The lowest BCUT2D eigenvalue weighted by atomic mass is 10.2. The number of hydrogen-bond donors (Lipinski definition) is 3. The third-order valence-electron chi connectivity index (χ3n) is 1.75. The normalized spacial score (nSPS) is 13.5. The highest BCUT2D eigenvalue weighted by atomic mass is 32.2. The highest BCUT2D eigenvalue weighted by molar-refractivity contribution is 7.86. The standard InChI is InChI=1S/C8H12N2O4S/c1-5(15(11,12)13)14-8-3-2-6(9)4-7(8)10/h2-5H,9-10H2,1H3,(H,11,12,13). The lowest BCUT2D eigenvalue weighted by Gasteiger charge is -2.13. The van der Waals surface area contributed by atoms with Crippen molar-refractivity contribution < 1.29 is 17.7 Å². The second-order valence-electron chi connectivity index (χ2n) is 3.00. The van der Waals surface area contributed by atoms with Crippen LogP contribution in [0.15, 0.2) is 18.2 Å². The van der Waals surface area contributed by atoms with Gasteiger partial charge in [-0.1, -0.05) is 0 Å². The quantitative estimate of drug-likeness (QED) is 0.515. The van der Waals surface area contributed by atoms with Gasteiger partial charge in [-0.05, 0) is 25.1 Å². The Labute approximate surface area is 87.6 Å². The summed E-state index contributed by atoms with van der Waals surface area (Å²) in [5, 5.41) is 0. The molecule has 0 aliphatic carbocycles. The van der Waals surface area contributed by atoms with Crippen LogP contribution in [0.3, 0.4) is 0 Å². The smallest absolute Gasteiger partial charge is 0.303 e. The van der Waals surface area contributed by atoms with Gasteiger partial charge in [-0.3, -0.25) is 4.55 Å². The number of rotatable bonds is 3. The molecule has 0 spiro atoms. The second kappa shape index (κ2) is 3.95. The van der Waals surface area contributed by atoms with Crippen LogP contribution in [0.2, 0.25) is 0 Å². The van der Waals surface area contributed by atoms with Crippen LogP contribution in [0.4, 0.5) is 11.4 Å². The van der Waals surface area contributed by atoms with E-state index in [-0.39, 0.29) is 11.4 Å². The predicted molar refractivity (Wildman–Crippen MR) is 56.9 cm³/mol. The first-order valence-corrected chi connectivity index (χ1v) is 5.59. The Hall–Kier alpha value is -1.47. The molecule has 0 saturated carbocycles. The molecule has 0 aliphatic heterocycles. The van der Waals surface area contributed by atoms with E-state index < -0.39 is 15.6 Å². The number of anilines is 2. The minimum absolute atomic E-state index is 0.161. The molecule has 1 rings (SSSR count). The van der Waals surface area contributed by atoms with E-state index in [9.17, 15) is 8.42 Å². The predicted octanol–water partition coefficient (Wildman–Crippen LogP) is 0.464. The Bertz CT molecular complexity index is 458. The summed E-state index contributed by atoms with van der Waals surface area (Å²) in [7, 11) is -4.24. The summed E-state index contributed by atoms with van der Waals surface area (Å²) >= 11 is 0. The van der Waals surface area contributed by atoms with E-state index in [0.717, 1.165) is 0 Å². The Kier molecular flexibility index (Phi) is 3.06. The van der Waals surface area contributed by atoms with Gasteiger partial charge in [-0.15, -0.1) is 0 Å². The molecule has 1 atom stereocenters. The van der Waals surface area contributed by atoms with Crippen LogP contribution in [0.5, 0.6) is 5.75 Å². The zero-order valence-electron chi connectivity index (χ0n) is 8.04. The fraction of sp³-hybridized carbons (Fsp3) is 0.250. The number of nitrogens with two attached hydrogens (primary N) is 2. The Balaban J connectivity index is 2.91. The fourth-order valence-electron chi connectivity index (χ4n) is 0.914. The molecule has 6 nitrogen and oxygen atoms in total. The van der Waals surface area contributed by atoms with Crippen molar-refractivity contribution in [2.45, 2.75) is 12.4 Å². The topological polar surface area (TPSA) is 116 Å². The number of ether oxygens (including phenoxy) is 1. The van der Waals surface area contributed by atoms with Crippen LogP contribution in [-0.4, -0.2) is 18.4 Å². The molecule has 0 fully saturated rings. The van der Waals surface area contributed by atoms with Gasteiger partial charge in [0.05, 0.1) is 5.69 Å². The Morgan fingerprint density at radius 1 is 1.40 bits per heavy atom. The Morgan fingerprint density at radius 3 is 2.47 bits per heavy atom. The van der Waals surface area contributed by atoms with Crippen LogP contribution in [0, 0.1) is 0 Å². The van der Waals surface area contributed by atoms with Crippen molar-refractivity contribution >= 4 is 21.5 Å². The van der Waals surface area contributed by atoms with E-state index in [0.29, 0.717) is 5.69 Å². The van der Waals surface area contributed by atoms with Crippen molar-refractivity contribution in [1.82, 2.24) is 0 Å². The zero-order chi connectivity index (χ0) is 11.6. The van der Waals surface area contributed by atoms with Crippen LogP contribution < -0.4 is 16.2 Å². The third-order valence-corrected chi connectivity index (χ3v) is 2.68. The minimum Gasteiger partial charge on any atom is -0.470 e. The lowest BCUT2D eigenvalue weighted by molar-refractivity contribution is 0.276. The number of benzene rings is 1. The van der Waals surface area contributed by atoms with E-state index >= 15 is 0 Å². The highest BCUT2D eigenvalue weighted by Gasteiger charge is 2.19. The van der Waals surface area contributed by atoms with Crippen molar-refractivity contribution in [3.63, 3.8) is 0 Å². The van der Waals surface area contributed by atoms with E-state index in [1.54, 1.807) is 0 Å². The average Bonchev–Trinajstić information content (AvgIpc) is 2.08. The number of nitrogen functional groups attached to an aromatic ring is 2. The molecular weight excluding hydrogens is 220 g/mol. The fourth-order valence-corrected chi connectivity index (χ4v) is 1.14. The summed E-state index contributed by atoms with van der Waals surface area (Å²) in [6.07, 6.45) is 0. The maximum absolute atomic E-state index is 10.7. The first-order chi connectivity index (χ1) is 6.80. The van der Waals surface area contributed by atoms with Gasteiger partial charge in [-0.25, -0.2) is 0 Å². The Morgan fingerprint density at radius 2 is 2.00 bits per heavy atom. The van der Waals surface area contributed by atoms with Gasteiger partial charge in [0.15, 0.2) is 0 Å². The second-order valence-corrected chi connectivity index (χ2v) is 4.69. The SMILES string of the molecule is CC(Oc1ccc(N)cc1N)S(=O)(=O)O. The van der Waals surface area contributed by atoms with Crippen molar-refractivity contribution in [3.8, 4) is 5.75 Å². The maximum atomic E-state index is 10.7. The van der Waals surface area contributed by atoms with Crippen molar-refractivity contribution in [2.75, 3.05) is 11.5 Å². The first kappa shape index (κ1) is 11.6. The van der Waals surface area contributed by atoms with Gasteiger partial charge in [0.25, 0.3) is 0 Å². The molecule has 84 valence electrons. The summed E-state index contributed by atoms with van der Waals surface area (Å²) in [6, 6.07) is 4.39. The van der Waals surface area contributed by atoms with Crippen molar-refractivity contribution in [3.05, 3.63) is 18.2 Å². The molecule has 0 aliphatic rings. The molecular formula is C8H12N2O4S. The van der Waals surface area contributed by atoms with Crippen molar-refractivity contribution in [1.29, 1.82) is 0 Å². The minimum atomic E-state index is -4.24. The largest absolute Gasteiger partial charge is 0.470 e. The molecule has 0 aromatic heterocycles. The summed E-state index contributed by atoms with van der Waals surface area (Å²) in [5.41, 5.74) is 10.3. The molecule has 0 radical (unpaired) electrons. The molecule has 1 unspecified atom stereocenters. The van der Waals surface area contributed by atoms with Crippen LogP contribution >= 0.6 is 0 Å². The number of hydrogen-bond acceptors (Lipinski definition) is 5. The van der Waals surface area contributed by atoms with Gasteiger partial charge in [0.1, 0.15) is 5.75 Å². The zero-order valence-corrected chi connectivity index (χ0v) is 8.86. The highest BCUT2D eigenvalue weighted by Crippen LogP contribution is 2.25. The van der Waals surface area contributed by atoms with E-state index in [4.69, 9.17) is 20.8 Å². The monoisotopic (exact) mass is 232 g/mol. The molecule has 1 aromatic carbocycles.